The Balaban J connectivity index is 2.59. The van der Waals surface area contributed by atoms with Crippen molar-refractivity contribution in [2.45, 2.75) is 25.3 Å². The van der Waals surface area contributed by atoms with Gasteiger partial charge in [-0.15, -0.1) is 0 Å². The van der Waals surface area contributed by atoms with Crippen LogP contribution in [0.15, 0.2) is 12.7 Å². The molecule has 1 heterocycles. The van der Waals surface area contributed by atoms with Crippen LogP contribution in [0.5, 0.6) is 0 Å². The van der Waals surface area contributed by atoms with E-state index in [9.17, 15) is 5.21 Å². The van der Waals surface area contributed by atoms with Crippen molar-refractivity contribution in [3.8, 4) is 0 Å². The van der Waals surface area contributed by atoms with Crippen molar-refractivity contribution < 1.29 is 9.85 Å². The normalized spacial score (nSPS) is 41.2. The minimum Gasteiger partial charge on any atom is -0.217 e. The summed E-state index contributed by atoms with van der Waals surface area (Å²) in [6.45, 7) is 4.58. The smallest absolute Gasteiger partial charge is 0.137 e. The molecule has 0 spiro atoms. The summed E-state index contributed by atoms with van der Waals surface area (Å²) >= 11 is 0. The molecule has 10 heavy (non-hydrogen) atoms. The van der Waals surface area contributed by atoms with Gasteiger partial charge in [0.1, 0.15) is 12.6 Å². The highest BCUT2D eigenvalue weighted by molar-refractivity contribution is 4.81. The van der Waals surface area contributed by atoms with E-state index in [2.05, 4.69) is 6.58 Å². The van der Waals surface area contributed by atoms with Crippen LogP contribution in [0.25, 0.3) is 0 Å². The maximum absolute atomic E-state index is 9.70. The second-order valence-electron chi connectivity index (χ2n) is 3.24. The van der Waals surface area contributed by atoms with Crippen molar-refractivity contribution in [3.05, 3.63) is 12.7 Å². The number of likely N-dealkylation sites (N-methyl/N-ethyl adjacent to an activating group) is 1. The molecule has 2 heteroatoms. The minimum absolute atomic E-state index is 0.142. The maximum Gasteiger partial charge on any atom is 0.137 e. The standard InChI is InChI=1S/C8H16NO/c1-3-8-6-4-5-7-9(8,2)10/h3,8,10H,1,4-7H2,2H3/q+1. The summed E-state index contributed by atoms with van der Waals surface area (Å²) in [5.41, 5.74) is 0. The predicted octanol–water partition coefficient (Wildman–Crippen LogP) is 1.56. The second kappa shape index (κ2) is 2.72. The highest BCUT2D eigenvalue weighted by Crippen LogP contribution is 2.21. The molecule has 1 rings (SSSR count). The number of nitrogens with zero attached hydrogens (tertiary/aromatic N) is 1. The molecule has 0 saturated carbocycles. The maximum atomic E-state index is 9.70. The Morgan fingerprint density at radius 3 is 2.70 bits per heavy atom. The van der Waals surface area contributed by atoms with E-state index in [0.717, 1.165) is 19.4 Å². The monoisotopic (exact) mass is 142 g/mol. The van der Waals surface area contributed by atoms with E-state index < -0.39 is 0 Å². The Kier molecular flexibility index (Phi) is 2.11. The molecule has 0 amide bonds. The average molecular weight is 142 g/mol. The zero-order chi connectivity index (χ0) is 7.61. The molecule has 0 aromatic carbocycles. The summed E-state index contributed by atoms with van der Waals surface area (Å²) in [6.07, 6.45) is 5.30. The van der Waals surface area contributed by atoms with Gasteiger partial charge >= 0.3 is 0 Å². The third-order valence-electron chi connectivity index (χ3n) is 2.35. The third kappa shape index (κ3) is 1.39. The first-order valence-corrected chi connectivity index (χ1v) is 3.87. The van der Waals surface area contributed by atoms with Gasteiger partial charge in [0.15, 0.2) is 0 Å². The van der Waals surface area contributed by atoms with Crippen molar-refractivity contribution >= 4 is 0 Å². The molecule has 1 saturated heterocycles. The Labute approximate surface area is 62.3 Å². The first-order valence-electron chi connectivity index (χ1n) is 3.87. The van der Waals surface area contributed by atoms with E-state index in [1.165, 1.54) is 6.42 Å². The Morgan fingerprint density at radius 2 is 2.30 bits per heavy atom. The lowest BCUT2D eigenvalue weighted by Gasteiger charge is -2.35. The number of hydroxylamine groups is 3. The van der Waals surface area contributed by atoms with E-state index >= 15 is 0 Å². The summed E-state index contributed by atoms with van der Waals surface area (Å²) < 4.78 is 0.142. The van der Waals surface area contributed by atoms with Crippen molar-refractivity contribution in [2.75, 3.05) is 13.6 Å². The van der Waals surface area contributed by atoms with Crippen LogP contribution in [-0.4, -0.2) is 29.5 Å². The molecule has 1 aliphatic heterocycles. The van der Waals surface area contributed by atoms with Gasteiger partial charge in [0.2, 0.25) is 0 Å². The predicted molar refractivity (Wildman–Crippen MR) is 40.7 cm³/mol. The minimum atomic E-state index is 0.142. The molecule has 0 bridgehead atoms. The van der Waals surface area contributed by atoms with Crippen molar-refractivity contribution in [1.29, 1.82) is 0 Å². The molecule has 0 aromatic rings. The van der Waals surface area contributed by atoms with Gasteiger partial charge in [0, 0.05) is 6.42 Å². The molecule has 1 N–H and O–H groups in total. The Hall–Kier alpha value is -0.340. The third-order valence-corrected chi connectivity index (χ3v) is 2.35. The summed E-state index contributed by atoms with van der Waals surface area (Å²) in [7, 11) is 1.85. The zero-order valence-corrected chi connectivity index (χ0v) is 6.58. The largest absolute Gasteiger partial charge is 0.217 e. The van der Waals surface area contributed by atoms with Crippen LogP contribution in [0.1, 0.15) is 19.3 Å². The van der Waals surface area contributed by atoms with E-state index in [-0.39, 0.29) is 10.7 Å². The van der Waals surface area contributed by atoms with Crippen molar-refractivity contribution in [3.63, 3.8) is 0 Å². The first kappa shape index (κ1) is 7.76. The van der Waals surface area contributed by atoms with Gasteiger partial charge in [-0.05, 0) is 18.9 Å². The molecule has 1 aliphatic rings. The highest BCUT2D eigenvalue weighted by atomic mass is 16.5. The average Bonchev–Trinajstić information content (AvgIpc) is 1.87. The molecule has 0 aliphatic carbocycles. The number of rotatable bonds is 1. The van der Waals surface area contributed by atoms with Gasteiger partial charge in [-0.3, -0.25) is 0 Å². The highest BCUT2D eigenvalue weighted by Gasteiger charge is 2.31. The quantitative estimate of drug-likeness (QED) is 0.435. The number of hydrogen-bond acceptors (Lipinski definition) is 1. The molecule has 2 atom stereocenters. The first-order chi connectivity index (χ1) is 4.67. The number of piperidine rings is 1. The summed E-state index contributed by atoms with van der Waals surface area (Å²) in [5.74, 6) is 0. The van der Waals surface area contributed by atoms with Crippen LogP contribution in [-0.2, 0) is 0 Å². The fourth-order valence-electron chi connectivity index (χ4n) is 1.57. The lowest BCUT2D eigenvalue weighted by atomic mass is 10.0. The van der Waals surface area contributed by atoms with Gasteiger partial charge in [-0.2, -0.15) is 4.65 Å². The van der Waals surface area contributed by atoms with E-state index in [4.69, 9.17) is 0 Å². The number of hydrogen-bond donors (Lipinski definition) is 1. The Morgan fingerprint density at radius 1 is 1.60 bits per heavy atom. The fraction of sp³-hybridized carbons (Fsp3) is 0.750. The molecular weight excluding hydrogens is 126 g/mol. The molecule has 0 aromatic heterocycles. The molecule has 2 nitrogen and oxygen atoms in total. The van der Waals surface area contributed by atoms with Gasteiger partial charge in [0.05, 0.1) is 7.05 Å². The van der Waals surface area contributed by atoms with Gasteiger partial charge in [-0.1, -0.05) is 6.58 Å². The van der Waals surface area contributed by atoms with E-state index in [1.807, 2.05) is 13.1 Å². The number of quaternary nitrogens is 1. The SMILES string of the molecule is C=CC1CCCC[N+]1(C)O. The topological polar surface area (TPSA) is 20.2 Å². The molecule has 0 radical (unpaired) electrons. The lowest BCUT2D eigenvalue weighted by Crippen LogP contribution is -2.51. The summed E-state index contributed by atoms with van der Waals surface area (Å²) in [6, 6.07) is 0.258. The van der Waals surface area contributed by atoms with Gasteiger partial charge < -0.3 is 0 Å². The van der Waals surface area contributed by atoms with Crippen LogP contribution in [0.4, 0.5) is 0 Å². The van der Waals surface area contributed by atoms with Gasteiger partial charge in [0.25, 0.3) is 0 Å². The van der Waals surface area contributed by atoms with Crippen LogP contribution in [0.3, 0.4) is 0 Å². The molecule has 1 fully saturated rings. The molecule has 2 unspecified atom stereocenters. The van der Waals surface area contributed by atoms with E-state index in [1.54, 1.807) is 0 Å². The fourth-order valence-corrected chi connectivity index (χ4v) is 1.57. The van der Waals surface area contributed by atoms with Crippen molar-refractivity contribution in [1.82, 2.24) is 0 Å². The van der Waals surface area contributed by atoms with Crippen molar-refractivity contribution in [2.24, 2.45) is 0 Å². The zero-order valence-electron chi connectivity index (χ0n) is 6.58. The van der Waals surface area contributed by atoms with Crippen LogP contribution in [0.2, 0.25) is 0 Å². The van der Waals surface area contributed by atoms with Crippen LogP contribution in [0, 0.1) is 0 Å². The number of likely N-dealkylation sites (tertiary alicyclic amines) is 1. The van der Waals surface area contributed by atoms with Gasteiger partial charge in [-0.25, -0.2) is 5.21 Å². The summed E-state index contributed by atoms with van der Waals surface area (Å²) in [5, 5.41) is 9.70. The lowest BCUT2D eigenvalue weighted by molar-refractivity contribution is -1.10. The molecule has 58 valence electrons. The van der Waals surface area contributed by atoms with Crippen LogP contribution < -0.4 is 0 Å². The van der Waals surface area contributed by atoms with Crippen LogP contribution >= 0.6 is 0 Å². The molecular formula is C8H16NO+. The second-order valence-corrected chi connectivity index (χ2v) is 3.24. The Bertz CT molecular complexity index is 131. The van der Waals surface area contributed by atoms with E-state index in [0.29, 0.717) is 0 Å². The summed E-state index contributed by atoms with van der Waals surface area (Å²) in [4.78, 5) is 0.